The number of carbonyl (C=O) groups excluding carboxylic acids is 2. The van der Waals surface area contributed by atoms with Gasteiger partial charge >= 0.3 is 5.97 Å². The van der Waals surface area contributed by atoms with E-state index < -0.39 is 41.7 Å². The Balaban J connectivity index is 1.82. The first-order chi connectivity index (χ1) is 14.0. The van der Waals surface area contributed by atoms with Gasteiger partial charge in [-0.2, -0.15) is 0 Å². The minimum absolute atomic E-state index is 0.399. The van der Waals surface area contributed by atoms with Crippen molar-refractivity contribution in [1.29, 1.82) is 0 Å². The second-order valence-electron chi connectivity index (χ2n) is 6.94. The fraction of sp³-hybridized carbons (Fsp3) is 0.286. The molecule has 2 aromatic rings. The molecule has 0 unspecified atom stereocenters. The van der Waals surface area contributed by atoms with Crippen LogP contribution in [-0.4, -0.2) is 43.2 Å². The molecule has 150 valence electrons. The van der Waals surface area contributed by atoms with Crippen LogP contribution >= 0.6 is 0 Å². The van der Waals surface area contributed by atoms with Gasteiger partial charge in [-0.3, -0.25) is 19.7 Å². The van der Waals surface area contributed by atoms with Gasteiger partial charge < -0.3 is 14.6 Å². The number of para-hydroxylation sites is 2. The Hall–Kier alpha value is -3.39. The van der Waals surface area contributed by atoms with E-state index in [4.69, 9.17) is 9.47 Å². The van der Waals surface area contributed by atoms with Crippen LogP contribution in [0.4, 0.5) is 5.69 Å². The number of methoxy groups -OCH3 is 2. The Kier molecular flexibility index (Phi) is 4.71. The Bertz CT molecular complexity index is 976. The fourth-order valence-electron chi connectivity index (χ4n) is 4.31. The monoisotopic (exact) mass is 396 g/mol. The first kappa shape index (κ1) is 18.9. The molecule has 0 aromatic heterocycles. The number of imide groups is 1. The summed E-state index contributed by atoms with van der Waals surface area (Å²) >= 11 is 0. The van der Waals surface area contributed by atoms with E-state index in [-0.39, 0.29) is 0 Å². The van der Waals surface area contributed by atoms with Crippen molar-refractivity contribution in [3.8, 4) is 11.5 Å². The molecule has 8 nitrogen and oxygen atoms in total. The van der Waals surface area contributed by atoms with E-state index in [1.54, 1.807) is 48.5 Å². The zero-order chi connectivity index (χ0) is 20.7. The maximum absolute atomic E-state index is 13.3. The number of carboxylic acids is 1. The highest BCUT2D eigenvalue weighted by molar-refractivity contribution is 6.23. The van der Waals surface area contributed by atoms with E-state index >= 15 is 0 Å². The third kappa shape index (κ3) is 2.84. The second kappa shape index (κ2) is 7.21. The standard InChI is InChI=1S/C21H20N2O6/c1-28-13-10-6-9-12(18(13)29-2)16-14-15(17(22-16)21(26)27)20(25)23(19(14)24)11-7-4-3-5-8-11/h3-10,14-17,22H,1-2H3,(H,26,27)/t14-,15+,16-,17-/m0/s1. The molecular weight excluding hydrogens is 376 g/mol. The van der Waals surface area contributed by atoms with E-state index in [1.165, 1.54) is 14.2 Å². The number of hydrogen-bond donors (Lipinski definition) is 2. The van der Waals surface area contributed by atoms with Gasteiger partial charge in [0.15, 0.2) is 11.5 Å². The molecule has 0 radical (unpaired) electrons. The molecule has 8 heteroatoms. The summed E-state index contributed by atoms with van der Waals surface area (Å²) in [6.45, 7) is 0. The number of anilines is 1. The summed E-state index contributed by atoms with van der Waals surface area (Å²) in [5.41, 5.74) is 0.999. The summed E-state index contributed by atoms with van der Waals surface area (Å²) in [6.07, 6.45) is 0. The second-order valence-corrected chi connectivity index (χ2v) is 6.94. The lowest BCUT2D eigenvalue weighted by Gasteiger charge is -2.23. The summed E-state index contributed by atoms with van der Waals surface area (Å²) in [6, 6.07) is 11.8. The molecule has 4 rings (SSSR count). The molecular formula is C21H20N2O6. The van der Waals surface area contributed by atoms with Crippen molar-refractivity contribution >= 4 is 23.5 Å². The number of ether oxygens (including phenoxy) is 2. The minimum Gasteiger partial charge on any atom is -0.493 e. The molecule has 0 spiro atoms. The number of fused-ring (bicyclic) bond motifs is 1. The summed E-state index contributed by atoms with van der Waals surface area (Å²) in [7, 11) is 2.97. The lowest BCUT2D eigenvalue weighted by atomic mass is 9.86. The van der Waals surface area contributed by atoms with Crippen molar-refractivity contribution in [2.75, 3.05) is 19.1 Å². The Morgan fingerprint density at radius 3 is 2.28 bits per heavy atom. The normalized spacial score (nSPS) is 25.8. The number of carbonyl (C=O) groups is 3. The molecule has 2 saturated heterocycles. The highest BCUT2D eigenvalue weighted by Gasteiger charge is 2.61. The first-order valence-electron chi connectivity index (χ1n) is 9.12. The van der Waals surface area contributed by atoms with Crippen molar-refractivity contribution in [3.05, 3.63) is 54.1 Å². The van der Waals surface area contributed by atoms with Crippen molar-refractivity contribution in [2.24, 2.45) is 11.8 Å². The lowest BCUT2D eigenvalue weighted by molar-refractivity contribution is -0.142. The molecule has 4 atom stereocenters. The number of aliphatic carboxylic acids is 1. The molecule has 2 N–H and O–H groups in total. The maximum Gasteiger partial charge on any atom is 0.321 e. The number of rotatable bonds is 5. The highest BCUT2D eigenvalue weighted by Crippen LogP contribution is 2.48. The SMILES string of the molecule is COc1cccc([C@@H]2N[C@H](C(=O)O)[C@@H]3C(=O)N(c4ccccc4)C(=O)[C@@H]32)c1OC. The van der Waals surface area contributed by atoms with Gasteiger partial charge in [-0.25, -0.2) is 4.90 Å². The molecule has 0 saturated carbocycles. The van der Waals surface area contributed by atoms with E-state index in [9.17, 15) is 19.5 Å². The summed E-state index contributed by atoms with van der Waals surface area (Å²) in [4.78, 5) is 39.4. The molecule has 0 aliphatic carbocycles. The Morgan fingerprint density at radius 1 is 0.966 bits per heavy atom. The molecule has 2 aliphatic heterocycles. The molecule has 29 heavy (non-hydrogen) atoms. The van der Waals surface area contributed by atoms with Crippen LogP contribution in [0.1, 0.15) is 11.6 Å². The number of hydrogen-bond acceptors (Lipinski definition) is 6. The third-order valence-corrected chi connectivity index (χ3v) is 5.52. The van der Waals surface area contributed by atoms with Gasteiger partial charge in [-0.05, 0) is 18.2 Å². The van der Waals surface area contributed by atoms with Crippen molar-refractivity contribution in [3.63, 3.8) is 0 Å². The van der Waals surface area contributed by atoms with Gasteiger partial charge in [0, 0.05) is 11.6 Å². The van der Waals surface area contributed by atoms with Crippen LogP contribution in [0.5, 0.6) is 11.5 Å². The quantitative estimate of drug-likeness (QED) is 0.740. The lowest BCUT2D eigenvalue weighted by Crippen LogP contribution is -2.43. The van der Waals surface area contributed by atoms with Gasteiger partial charge in [0.1, 0.15) is 6.04 Å². The molecule has 0 bridgehead atoms. The van der Waals surface area contributed by atoms with Gasteiger partial charge in [0.05, 0.1) is 31.7 Å². The van der Waals surface area contributed by atoms with E-state index in [1.807, 2.05) is 0 Å². The number of nitrogens with zero attached hydrogens (tertiary/aromatic N) is 1. The van der Waals surface area contributed by atoms with Crippen LogP contribution in [0.15, 0.2) is 48.5 Å². The van der Waals surface area contributed by atoms with Crippen molar-refractivity contribution < 1.29 is 29.0 Å². The number of nitrogens with one attached hydrogen (secondary N) is 1. The van der Waals surface area contributed by atoms with Gasteiger partial charge in [-0.15, -0.1) is 0 Å². The van der Waals surface area contributed by atoms with E-state index in [2.05, 4.69) is 5.32 Å². The molecule has 2 aliphatic rings. The average molecular weight is 396 g/mol. The van der Waals surface area contributed by atoms with Crippen LogP contribution in [0.3, 0.4) is 0 Å². The molecule has 2 heterocycles. The molecule has 2 aromatic carbocycles. The number of amides is 2. The van der Waals surface area contributed by atoms with Crippen LogP contribution < -0.4 is 19.7 Å². The summed E-state index contributed by atoms with van der Waals surface area (Å²) < 4.78 is 10.8. The molecule has 2 amide bonds. The zero-order valence-electron chi connectivity index (χ0n) is 15.9. The Morgan fingerprint density at radius 2 is 1.66 bits per heavy atom. The molecule has 2 fully saturated rings. The van der Waals surface area contributed by atoms with E-state index in [0.717, 1.165) is 4.90 Å². The van der Waals surface area contributed by atoms with Crippen LogP contribution in [0, 0.1) is 11.8 Å². The Labute approximate surface area is 167 Å². The van der Waals surface area contributed by atoms with Gasteiger partial charge in [0.25, 0.3) is 0 Å². The fourth-order valence-corrected chi connectivity index (χ4v) is 4.31. The largest absolute Gasteiger partial charge is 0.493 e. The summed E-state index contributed by atoms with van der Waals surface area (Å²) in [5, 5.41) is 12.7. The van der Waals surface area contributed by atoms with Crippen molar-refractivity contribution in [2.45, 2.75) is 12.1 Å². The third-order valence-electron chi connectivity index (χ3n) is 5.52. The predicted octanol–water partition coefficient (Wildman–Crippen LogP) is 1.61. The first-order valence-corrected chi connectivity index (χ1v) is 9.12. The average Bonchev–Trinajstić information content (AvgIpc) is 3.25. The van der Waals surface area contributed by atoms with Gasteiger partial charge in [0.2, 0.25) is 11.8 Å². The summed E-state index contributed by atoms with van der Waals surface area (Å²) in [5.74, 6) is -3.16. The minimum atomic E-state index is -1.19. The number of benzene rings is 2. The van der Waals surface area contributed by atoms with E-state index in [0.29, 0.717) is 22.7 Å². The van der Waals surface area contributed by atoms with Gasteiger partial charge in [-0.1, -0.05) is 30.3 Å². The van der Waals surface area contributed by atoms with Crippen LogP contribution in [-0.2, 0) is 14.4 Å². The predicted molar refractivity (Wildman–Crippen MR) is 103 cm³/mol. The zero-order valence-corrected chi connectivity index (χ0v) is 15.9. The highest BCUT2D eigenvalue weighted by atomic mass is 16.5. The topological polar surface area (TPSA) is 105 Å². The maximum atomic E-state index is 13.3. The number of carboxylic acid groups (broad SMARTS) is 1. The van der Waals surface area contributed by atoms with Crippen LogP contribution in [0.25, 0.3) is 0 Å². The smallest absolute Gasteiger partial charge is 0.321 e. The van der Waals surface area contributed by atoms with Crippen LogP contribution in [0.2, 0.25) is 0 Å². The van der Waals surface area contributed by atoms with Crippen molar-refractivity contribution in [1.82, 2.24) is 5.32 Å².